The van der Waals surface area contributed by atoms with Gasteiger partial charge in [0, 0.05) is 18.6 Å². The summed E-state index contributed by atoms with van der Waals surface area (Å²) in [5.41, 5.74) is 0. The first-order valence-electron chi connectivity index (χ1n) is 6.45. The Bertz CT molecular complexity index is 403. The summed E-state index contributed by atoms with van der Waals surface area (Å²) in [4.78, 5) is 10.5. The fourth-order valence-corrected chi connectivity index (χ4v) is 4.63. The normalized spacial score (nSPS) is 29.8. The van der Waals surface area contributed by atoms with E-state index >= 15 is 0 Å². The predicted octanol–water partition coefficient (Wildman–Crippen LogP) is 0.00730. The number of nitrogens with zero attached hydrogens (tertiary/aromatic N) is 1. The topological polar surface area (TPSA) is 86.7 Å². The molecule has 2 fully saturated rings. The molecule has 18 heavy (non-hydrogen) atoms. The maximum absolute atomic E-state index is 12.1. The Hall–Kier alpha value is -0.660. The minimum atomic E-state index is -3.43. The van der Waals surface area contributed by atoms with E-state index in [4.69, 9.17) is 5.11 Å². The molecule has 0 spiro atoms. The monoisotopic (exact) mass is 276 g/mol. The van der Waals surface area contributed by atoms with Crippen molar-refractivity contribution in [3.05, 3.63) is 0 Å². The largest absolute Gasteiger partial charge is 0.481 e. The molecule has 2 rings (SSSR count). The summed E-state index contributed by atoms with van der Waals surface area (Å²) in [7, 11) is -3.43. The molecule has 2 aliphatic heterocycles. The number of rotatable bonds is 5. The minimum Gasteiger partial charge on any atom is -0.481 e. The van der Waals surface area contributed by atoms with Crippen LogP contribution >= 0.6 is 0 Å². The summed E-state index contributed by atoms with van der Waals surface area (Å²) in [6.07, 6.45) is 3.53. The third-order valence-electron chi connectivity index (χ3n) is 3.74. The molecule has 104 valence electrons. The summed E-state index contributed by atoms with van der Waals surface area (Å²) >= 11 is 0. The SMILES string of the molecule is O=C(O)CCS(=O)(=O)N1CCCC1C1CCCN1. The van der Waals surface area contributed by atoms with Gasteiger partial charge in [-0.2, -0.15) is 4.31 Å². The molecule has 2 aliphatic rings. The molecular formula is C11H20N2O4S. The number of carboxylic acids is 1. The van der Waals surface area contributed by atoms with Crippen molar-refractivity contribution in [3.8, 4) is 0 Å². The van der Waals surface area contributed by atoms with Gasteiger partial charge in [0.1, 0.15) is 0 Å². The van der Waals surface area contributed by atoms with E-state index in [1.165, 1.54) is 4.31 Å². The molecule has 7 heteroatoms. The van der Waals surface area contributed by atoms with Gasteiger partial charge >= 0.3 is 5.97 Å². The fraction of sp³-hybridized carbons (Fsp3) is 0.909. The zero-order valence-electron chi connectivity index (χ0n) is 10.3. The van der Waals surface area contributed by atoms with E-state index in [2.05, 4.69) is 5.32 Å². The Morgan fingerprint density at radius 1 is 1.33 bits per heavy atom. The summed E-state index contributed by atoms with van der Waals surface area (Å²) in [5.74, 6) is -1.35. The number of aliphatic carboxylic acids is 1. The van der Waals surface area contributed by atoms with Crippen molar-refractivity contribution in [1.82, 2.24) is 9.62 Å². The van der Waals surface area contributed by atoms with Crippen molar-refractivity contribution in [2.24, 2.45) is 0 Å². The molecule has 0 saturated carbocycles. The van der Waals surface area contributed by atoms with Gasteiger partial charge in [0.15, 0.2) is 0 Å². The molecule has 2 N–H and O–H groups in total. The molecule has 2 saturated heterocycles. The first-order chi connectivity index (χ1) is 8.50. The molecular weight excluding hydrogens is 256 g/mol. The second-order valence-electron chi connectivity index (χ2n) is 4.98. The van der Waals surface area contributed by atoms with Crippen LogP contribution in [0.5, 0.6) is 0 Å². The summed E-state index contributed by atoms with van der Waals surface area (Å²) in [5, 5.41) is 11.9. The average molecular weight is 276 g/mol. The summed E-state index contributed by atoms with van der Waals surface area (Å²) in [6, 6.07) is 0.262. The Balaban J connectivity index is 2.03. The van der Waals surface area contributed by atoms with E-state index in [0.29, 0.717) is 6.54 Å². The standard InChI is InChI=1S/C11H20N2O4S/c14-11(15)5-8-18(16,17)13-7-2-4-10(13)9-3-1-6-12-9/h9-10,12H,1-8H2,(H,14,15). The lowest BCUT2D eigenvalue weighted by Gasteiger charge is -2.28. The van der Waals surface area contributed by atoms with Crippen molar-refractivity contribution < 1.29 is 18.3 Å². The van der Waals surface area contributed by atoms with Crippen LogP contribution in [0.1, 0.15) is 32.1 Å². The molecule has 0 aromatic carbocycles. The van der Waals surface area contributed by atoms with Gasteiger partial charge in [0.2, 0.25) is 10.0 Å². The molecule has 6 nitrogen and oxygen atoms in total. The zero-order chi connectivity index (χ0) is 13.2. The van der Waals surface area contributed by atoms with E-state index in [1.807, 2.05) is 0 Å². The predicted molar refractivity (Wildman–Crippen MR) is 66.8 cm³/mol. The highest BCUT2D eigenvalue weighted by molar-refractivity contribution is 7.89. The summed E-state index contributed by atoms with van der Waals surface area (Å²) < 4.78 is 25.8. The summed E-state index contributed by atoms with van der Waals surface area (Å²) in [6.45, 7) is 1.48. The lowest BCUT2D eigenvalue weighted by Crippen LogP contribution is -2.47. The Kier molecular flexibility index (Phi) is 4.24. The van der Waals surface area contributed by atoms with Crippen molar-refractivity contribution in [3.63, 3.8) is 0 Å². The lowest BCUT2D eigenvalue weighted by molar-refractivity contribution is -0.136. The molecule has 0 amide bonds. The molecule has 2 heterocycles. The number of hydrogen-bond donors (Lipinski definition) is 2. The maximum atomic E-state index is 12.1. The average Bonchev–Trinajstić information content (AvgIpc) is 2.96. The van der Waals surface area contributed by atoms with Gasteiger partial charge in [-0.25, -0.2) is 8.42 Å². The molecule has 2 unspecified atom stereocenters. The van der Waals surface area contributed by atoms with Crippen LogP contribution in [-0.2, 0) is 14.8 Å². The van der Waals surface area contributed by atoms with Gasteiger partial charge in [0.05, 0.1) is 12.2 Å². The van der Waals surface area contributed by atoms with Gasteiger partial charge < -0.3 is 10.4 Å². The van der Waals surface area contributed by atoms with E-state index in [1.54, 1.807) is 0 Å². The van der Waals surface area contributed by atoms with Crippen LogP contribution in [0.2, 0.25) is 0 Å². The Labute approximate surface area is 107 Å². The van der Waals surface area contributed by atoms with Gasteiger partial charge in [-0.3, -0.25) is 4.79 Å². The van der Waals surface area contributed by atoms with Crippen molar-refractivity contribution in [2.75, 3.05) is 18.8 Å². The van der Waals surface area contributed by atoms with E-state index in [-0.39, 0.29) is 24.3 Å². The lowest BCUT2D eigenvalue weighted by atomic mass is 10.1. The molecule has 0 radical (unpaired) electrons. The number of nitrogens with one attached hydrogen (secondary N) is 1. The second kappa shape index (κ2) is 5.54. The van der Waals surface area contributed by atoms with E-state index in [0.717, 1.165) is 32.2 Å². The van der Waals surface area contributed by atoms with E-state index in [9.17, 15) is 13.2 Å². The van der Waals surface area contributed by atoms with Gasteiger partial charge in [-0.1, -0.05) is 0 Å². The van der Waals surface area contributed by atoms with Crippen LogP contribution < -0.4 is 5.32 Å². The second-order valence-corrected chi connectivity index (χ2v) is 7.02. The number of carboxylic acid groups (broad SMARTS) is 1. The highest BCUT2D eigenvalue weighted by Gasteiger charge is 2.39. The highest BCUT2D eigenvalue weighted by atomic mass is 32.2. The first-order valence-corrected chi connectivity index (χ1v) is 8.06. The van der Waals surface area contributed by atoms with Crippen molar-refractivity contribution >= 4 is 16.0 Å². The molecule has 0 bridgehead atoms. The van der Waals surface area contributed by atoms with Crippen molar-refractivity contribution in [2.45, 2.75) is 44.2 Å². The zero-order valence-corrected chi connectivity index (χ0v) is 11.2. The highest BCUT2D eigenvalue weighted by Crippen LogP contribution is 2.27. The van der Waals surface area contributed by atoms with Crippen LogP contribution in [0.25, 0.3) is 0 Å². The number of sulfonamides is 1. The van der Waals surface area contributed by atoms with Crippen LogP contribution in [-0.4, -0.2) is 54.7 Å². The van der Waals surface area contributed by atoms with Crippen LogP contribution in [0.15, 0.2) is 0 Å². The van der Waals surface area contributed by atoms with Gasteiger partial charge in [0.25, 0.3) is 0 Å². The van der Waals surface area contributed by atoms with Crippen molar-refractivity contribution in [1.29, 1.82) is 0 Å². The number of carbonyl (C=O) groups is 1. The Morgan fingerprint density at radius 3 is 2.72 bits per heavy atom. The number of hydrogen-bond acceptors (Lipinski definition) is 4. The molecule has 0 aliphatic carbocycles. The third-order valence-corrected chi connectivity index (χ3v) is 5.63. The quantitative estimate of drug-likeness (QED) is 0.738. The molecule has 0 aromatic heterocycles. The smallest absolute Gasteiger partial charge is 0.304 e. The first kappa shape index (κ1) is 13.8. The maximum Gasteiger partial charge on any atom is 0.304 e. The minimum absolute atomic E-state index is 0.0197. The fourth-order valence-electron chi connectivity index (χ4n) is 2.89. The molecule has 2 atom stereocenters. The van der Waals surface area contributed by atoms with Gasteiger partial charge in [-0.05, 0) is 32.2 Å². The Morgan fingerprint density at radius 2 is 2.11 bits per heavy atom. The molecule has 0 aromatic rings. The van der Waals surface area contributed by atoms with Crippen LogP contribution in [0.4, 0.5) is 0 Å². The van der Waals surface area contributed by atoms with Gasteiger partial charge in [-0.15, -0.1) is 0 Å². The van der Waals surface area contributed by atoms with Crippen LogP contribution in [0.3, 0.4) is 0 Å². The third kappa shape index (κ3) is 3.02. The van der Waals surface area contributed by atoms with Crippen LogP contribution in [0, 0.1) is 0 Å². The van der Waals surface area contributed by atoms with E-state index < -0.39 is 16.0 Å².